The minimum atomic E-state index is -1.33. The summed E-state index contributed by atoms with van der Waals surface area (Å²) in [6, 6.07) is 0. The van der Waals surface area contributed by atoms with Gasteiger partial charge in [-0.05, 0) is 6.42 Å². The van der Waals surface area contributed by atoms with E-state index in [1.54, 1.807) is 0 Å². The summed E-state index contributed by atoms with van der Waals surface area (Å²) in [6.07, 6.45) is 0.248. The van der Waals surface area contributed by atoms with Crippen LogP contribution in [0.25, 0.3) is 0 Å². The number of rotatable bonds is 12. The van der Waals surface area contributed by atoms with E-state index >= 15 is 0 Å². The number of carbonyl (C=O) groups excluding carboxylic acids is 1. The molecular formula is C15H26O8. The normalized spacial score (nSPS) is 20.4. The minimum absolute atomic E-state index is 0.0122. The second-order valence-electron chi connectivity index (χ2n) is 5.33. The second kappa shape index (κ2) is 10.4. The molecule has 1 unspecified atom stereocenters. The van der Waals surface area contributed by atoms with Crippen molar-refractivity contribution < 1.29 is 39.4 Å². The lowest BCUT2D eigenvalue weighted by Crippen LogP contribution is -2.32. The van der Waals surface area contributed by atoms with Crippen LogP contribution in [0.3, 0.4) is 0 Å². The third kappa shape index (κ3) is 5.98. The first kappa shape index (κ1) is 19.7. The molecule has 0 aromatic carbocycles. The van der Waals surface area contributed by atoms with E-state index in [1.165, 1.54) is 0 Å². The number of hydrogen-bond acceptors (Lipinski definition) is 8. The molecule has 8 heteroatoms. The van der Waals surface area contributed by atoms with E-state index in [0.29, 0.717) is 6.61 Å². The molecule has 1 aliphatic rings. The molecule has 0 aromatic heterocycles. The maximum atomic E-state index is 11.8. The van der Waals surface area contributed by atoms with Gasteiger partial charge in [0.25, 0.3) is 0 Å². The maximum Gasteiger partial charge on any atom is 0.378 e. The van der Waals surface area contributed by atoms with Crippen LogP contribution in [0, 0.1) is 0 Å². The van der Waals surface area contributed by atoms with Crippen molar-refractivity contribution in [3.63, 3.8) is 0 Å². The van der Waals surface area contributed by atoms with Gasteiger partial charge < -0.3 is 34.6 Å². The standard InChI is InChI=1S/C15H26O8/c1-2-3-4-5-6-21-13-12(11(19)8-17)23-15(20)14(13)22-9-10(18)7-16/h10-12,16-19H,2-9H2,1H3/t10?,11-,12+/m0/s1. The minimum Gasteiger partial charge on any atom is -0.490 e. The quantitative estimate of drug-likeness (QED) is 0.276. The fraction of sp³-hybridized carbons (Fsp3) is 0.800. The lowest BCUT2D eigenvalue weighted by atomic mass is 10.2. The van der Waals surface area contributed by atoms with Crippen molar-refractivity contribution in [1.29, 1.82) is 0 Å². The lowest BCUT2D eigenvalue weighted by molar-refractivity contribution is -0.149. The van der Waals surface area contributed by atoms with Gasteiger partial charge >= 0.3 is 5.97 Å². The van der Waals surface area contributed by atoms with Crippen LogP contribution in [0.4, 0.5) is 0 Å². The van der Waals surface area contributed by atoms with Gasteiger partial charge in [0.05, 0.1) is 19.8 Å². The largest absolute Gasteiger partial charge is 0.490 e. The second-order valence-corrected chi connectivity index (χ2v) is 5.33. The number of aliphatic hydroxyl groups excluding tert-OH is 4. The molecule has 1 rings (SSSR count). The van der Waals surface area contributed by atoms with Crippen molar-refractivity contribution in [2.75, 3.05) is 26.4 Å². The smallest absolute Gasteiger partial charge is 0.378 e. The van der Waals surface area contributed by atoms with Gasteiger partial charge in [0.1, 0.15) is 18.8 Å². The van der Waals surface area contributed by atoms with E-state index in [2.05, 4.69) is 6.92 Å². The number of cyclic esters (lactones) is 1. The highest BCUT2D eigenvalue weighted by Crippen LogP contribution is 2.27. The highest BCUT2D eigenvalue weighted by atomic mass is 16.6. The van der Waals surface area contributed by atoms with Crippen molar-refractivity contribution in [2.24, 2.45) is 0 Å². The third-order valence-corrected chi connectivity index (χ3v) is 3.32. The summed E-state index contributed by atoms with van der Waals surface area (Å²) in [5.41, 5.74) is 0. The molecule has 134 valence electrons. The van der Waals surface area contributed by atoms with Gasteiger partial charge in [-0.3, -0.25) is 0 Å². The number of carbonyl (C=O) groups is 1. The predicted octanol–water partition coefficient (Wildman–Crippen LogP) is -0.557. The van der Waals surface area contributed by atoms with Gasteiger partial charge in [0.15, 0.2) is 11.9 Å². The molecule has 4 N–H and O–H groups in total. The Hall–Kier alpha value is -1.35. The zero-order chi connectivity index (χ0) is 17.2. The monoisotopic (exact) mass is 334 g/mol. The molecule has 1 heterocycles. The van der Waals surface area contributed by atoms with Crippen LogP contribution in [0.5, 0.6) is 0 Å². The van der Waals surface area contributed by atoms with E-state index in [-0.39, 0.29) is 18.1 Å². The van der Waals surface area contributed by atoms with Gasteiger partial charge in [-0.2, -0.15) is 0 Å². The highest BCUT2D eigenvalue weighted by molar-refractivity contribution is 5.89. The first-order chi connectivity index (χ1) is 11.0. The fourth-order valence-corrected chi connectivity index (χ4v) is 2.02. The zero-order valence-electron chi connectivity index (χ0n) is 13.3. The summed E-state index contributed by atoms with van der Waals surface area (Å²) >= 11 is 0. The molecule has 0 amide bonds. The summed E-state index contributed by atoms with van der Waals surface area (Å²) in [5.74, 6) is -1.07. The molecule has 23 heavy (non-hydrogen) atoms. The summed E-state index contributed by atoms with van der Waals surface area (Å²) in [7, 11) is 0. The van der Waals surface area contributed by atoms with Crippen LogP contribution in [0.2, 0.25) is 0 Å². The van der Waals surface area contributed by atoms with Gasteiger partial charge in [0, 0.05) is 0 Å². The van der Waals surface area contributed by atoms with Crippen LogP contribution < -0.4 is 0 Å². The van der Waals surface area contributed by atoms with E-state index in [9.17, 15) is 15.0 Å². The molecule has 8 nitrogen and oxygen atoms in total. The van der Waals surface area contributed by atoms with Crippen LogP contribution >= 0.6 is 0 Å². The molecule has 3 atom stereocenters. The molecule has 0 aliphatic carbocycles. The molecule has 1 aliphatic heterocycles. The summed E-state index contributed by atoms with van der Waals surface area (Å²) in [5, 5.41) is 36.9. The van der Waals surface area contributed by atoms with Crippen molar-refractivity contribution in [3.8, 4) is 0 Å². The number of hydrogen-bond donors (Lipinski definition) is 4. The Morgan fingerprint density at radius 3 is 2.48 bits per heavy atom. The van der Waals surface area contributed by atoms with Gasteiger partial charge in [-0.25, -0.2) is 4.79 Å². The van der Waals surface area contributed by atoms with Crippen molar-refractivity contribution in [3.05, 3.63) is 11.5 Å². The highest BCUT2D eigenvalue weighted by Gasteiger charge is 2.42. The van der Waals surface area contributed by atoms with Crippen molar-refractivity contribution in [2.45, 2.75) is 50.9 Å². The maximum absolute atomic E-state index is 11.8. The molecule has 0 bridgehead atoms. The van der Waals surface area contributed by atoms with E-state index in [1.807, 2.05) is 0 Å². The Morgan fingerprint density at radius 2 is 1.87 bits per heavy atom. The molecule has 0 radical (unpaired) electrons. The molecule has 0 aromatic rings. The number of esters is 1. The number of unbranched alkanes of at least 4 members (excludes halogenated alkanes) is 3. The van der Waals surface area contributed by atoms with Gasteiger partial charge in [-0.1, -0.05) is 26.2 Å². The average Bonchev–Trinajstić information content (AvgIpc) is 2.87. The Bertz CT molecular complexity index is 395. The van der Waals surface area contributed by atoms with Crippen LogP contribution in [-0.2, 0) is 19.0 Å². The SMILES string of the molecule is CCCCCCOC1=C(OCC(O)CO)C(=O)O[C@@H]1[C@@H](O)CO. The Morgan fingerprint density at radius 1 is 1.13 bits per heavy atom. The van der Waals surface area contributed by atoms with E-state index in [0.717, 1.165) is 25.7 Å². The fourth-order valence-electron chi connectivity index (χ4n) is 2.02. The average molecular weight is 334 g/mol. The number of aliphatic hydroxyl groups is 4. The van der Waals surface area contributed by atoms with Crippen molar-refractivity contribution >= 4 is 5.97 Å². The summed E-state index contributed by atoms with van der Waals surface area (Å²) in [6.45, 7) is 0.964. The van der Waals surface area contributed by atoms with Gasteiger partial charge in [0.2, 0.25) is 5.76 Å². The summed E-state index contributed by atoms with van der Waals surface area (Å²) < 4.78 is 15.7. The van der Waals surface area contributed by atoms with Crippen LogP contribution in [0.15, 0.2) is 11.5 Å². The number of ether oxygens (including phenoxy) is 3. The first-order valence-corrected chi connectivity index (χ1v) is 7.83. The topological polar surface area (TPSA) is 126 Å². The Balaban J connectivity index is 2.74. The Labute approximate surface area is 135 Å². The third-order valence-electron chi connectivity index (χ3n) is 3.32. The van der Waals surface area contributed by atoms with Crippen LogP contribution in [0.1, 0.15) is 32.6 Å². The van der Waals surface area contributed by atoms with Crippen LogP contribution in [-0.4, -0.2) is 71.1 Å². The molecule has 0 spiro atoms. The first-order valence-electron chi connectivity index (χ1n) is 7.83. The van der Waals surface area contributed by atoms with E-state index < -0.39 is 37.5 Å². The molecule has 0 saturated carbocycles. The molecular weight excluding hydrogens is 308 g/mol. The van der Waals surface area contributed by atoms with Gasteiger partial charge in [-0.15, -0.1) is 0 Å². The predicted molar refractivity (Wildman–Crippen MR) is 79.1 cm³/mol. The molecule has 0 fully saturated rings. The zero-order valence-corrected chi connectivity index (χ0v) is 13.3. The van der Waals surface area contributed by atoms with E-state index in [4.69, 9.17) is 24.4 Å². The Kier molecular flexibility index (Phi) is 8.93. The lowest BCUT2D eigenvalue weighted by Gasteiger charge is -2.18. The summed E-state index contributed by atoms with van der Waals surface area (Å²) in [4.78, 5) is 11.8. The van der Waals surface area contributed by atoms with Crippen molar-refractivity contribution in [1.82, 2.24) is 0 Å². The molecule has 0 saturated heterocycles.